The van der Waals surface area contributed by atoms with Gasteiger partial charge in [0.2, 0.25) is 0 Å². The molecular weight excluding hydrogens is 409 g/mol. The van der Waals surface area contributed by atoms with Crippen molar-refractivity contribution < 1.29 is 23.0 Å². The van der Waals surface area contributed by atoms with Crippen LogP contribution in [0.25, 0.3) is 0 Å². The van der Waals surface area contributed by atoms with Crippen molar-refractivity contribution in [2.24, 2.45) is 0 Å². The SMILES string of the molecule is C=CC[N+]1(C)CCC(OP(=O)(O)OCCCCCCCCCCCCCCCC)CC1. The van der Waals surface area contributed by atoms with Crippen LogP contribution in [0.15, 0.2) is 12.7 Å². The number of unbranched alkanes of at least 4 members (excludes halogenated alkanes) is 13. The standard InChI is InChI=1S/C25H50NO4P/c1-4-6-7-8-9-10-11-12-13-14-15-16-17-18-24-29-31(27,28)30-25-19-22-26(3,21-5-2)23-20-25/h5,25H,2,4,6-24H2,1,3H3/p+1. The van der Waals surface area contributed by atoms with Crippen LogP contribution in [0.1, 0.15) is 110 Å². The van der Waals surface area contributed by atoms with E-state index in [-0.39, 0.29) is 6.10 Å². The van der Waals surface area contributed by atoms with Crippen LogP contribution in [0.5, 0.6) is 0 Å². The van der Waals surface area contributed by atoms with Gasteiger partial charge in [0.1, 0.15) is 0 Å². The summed E-state index contributed by atoms with van der Waals surface area (Å²) in [7, 11) is -1.73. The van der Waals surface area contributed by atoms with Crippen molar-refractivity contribution in [3.63, 3.8) is 0 Å². The van der Waals surface area contributed by atoms with Gasteiger partial charge in [-0.2, -0.15) is 0 Å². The van der Waals surface area contributed by atoms with E-state index in [9.17, 15) is 9.46 Å². The lowest BCUT2D eigenvalue weighted by Crippen LogP contribution is -2.51. The zero-order chi connectivity index (χ0) is 22.8. The van der Waals surface area contributed by atoms with E-state index >= 15 is 0 Å². The second-order valence-corrected chi connectivity index (χ2v) is 11.1. The molecule has 1 heterocycles. The molecule has 1 unspecified atom stereocenters. The van der Waals surface area contributed by atoms with Gasteiger partial charge in [0.25, 0.3) is 0 Å². The van der Waals surface area contributed by atoms with Crippen LogP contribution in [0.3, 0.4) is 0 Å². The average Bonchev–Trinajstić information content (AvgIpc) is 2.73. The molecule has 0 aliphatic carbocycles. The van der Waals surface area contributed by atoms with Crippen LogP contribution >= 0.6 is 7.82 Å². The summed E-state index contributed by atoms with van der Waals surface area (Å²) in [6.07, 6.45) is 21.4. The van der Waals surface area contributed by atoms with Gasteiger partial charge >= 0.3 is 7.82 Å². The molecule has 0 radical (unpaired) electrons. The highest BCUT2D eigenvalue weighted by atomic mass is 31.2. The third kappa shape index (κ3) is 15.3. The van der Waals surface area contributed by atoms with E-state index in [0.29, 0.717) is 6.61 Å². The Labute approximate surface area is 192 Å². The molecule has 0 aromatic rings. The van der Waals surface area contributed by atoms with Crippen LogP contribution in [-0.2, 0) is 13.6 Å². The van der Waals surface area contributed by atoms with Gasteiger partial charge in [-0.25, -0.2) is 4.57 Å². The topological polar surface area (TPSA) is 55.8 Å². The van der Waals surface area contributed by atoms with E-state index in [4.69, 9.17) is 9.05 Å². The largest absolute Gasteiger partial charge is 0.472 e. The van der Waals surface area contributed by atoms with E-state index in [2.05, 4.69) is 20.6 Å². The number of phosphoric acid groups is 1. The summed E-state index contributed by atoms with van der Waals surface area (Å²) in [5, 5.41) is 0. The fraction of sp³-hybridized carbons (Fsp3) is 0.920. The fourth-order valence-electron chi connectivity index (χ4n) is 4.46. The lowest BCUT2D eigenvalue weighted by atomic mass is 10.0. The monoisotopic (exact) mass is 460 g/mol. The molecule has 1 rings (SSSR count). The first-order chi connectivity index (χ1) is 14.9. The number of quaternary nitrogens is 1. The molecule has 0 aromatic heterocycles. The van der Waals surface area contributed by atoms with E-state index in [1.54, 1.807) is 0 Å². The molecule has 6 heteroatoms. The Balaban J connectivity index is 1.92. The van der Waals surface area contributed by atoms with Crippen LogP contribution in [0.4, 0.5) is 0 Å². The quantitative estimate of drug-likeness (QED) is 0.0890. The number of hydrogen-bond donors (Lipinski definition) is 1. The number of hydrogen-bond acceptors (Lipinski definition) is 3. The molecule has 31 heavy (non-hydrogen) atoms. The number of likely N-dealkylation sites (tertiary alicyclic amines) is 1. The second-order valence-electron chi connectivity index (χ2n) is 9.74. The maximum absolute atomic E-state index is 12.2. The summed E-state index contributed by atoms with van der Waals surface area (Å²) in [5.41, 5.74) is 0. The van der Waals surface area contributed by atoms with Crippen molar-refractivity contribution in [2.75, 3.05) is 33.3 Å². The molecule has 0 spiro atoms. The third-order valence-electron chi connectivity index (χ3n) is 6.59. The van der Waals surface area contributed by atoms with Gasteiger partial charge in [-0.3, -0.25) is 9.05 Å². The Hall–Kier alpha value is -0.190. The smallest absolute Gasteiger partial charge is 0.323 e. The first-order valence-corrected chi connectivity index (χ1v) is 14.5. The van der Waals surface area contributed by atoms with Gasteiger partial charge < -0.3 is 9.38 Å². The van der Waals surface area contributed by atoms with E-state index < -0.39 is 7.82 Å². The highest BCUT2D eigenvalue weighted by molar-refractivity contribution is 7.47. The Bertz CT molecular complexity index is 492. The lowest BCUT2D eigenvalue weighted by Gasteiger charge is -2.39. The number of phosphoric ester groups is 1. The molecule has 0 saturated carbocycles. The first-order valence-electron chi connectivity index (χ1n) is 13.0. The minimum Gasteiger partial charge on any atom is -0.323 e. The Morgan fingerprint density at radius 2 is 1.35 bits per heavy atom. The molecule has 1 aliphatic rings. The summed E-state index contributed by atoms with van der Waals surface area (Å²) < 4.78 is 23.8. The average molecular weight is 461 g/mol. The molecule has 1 fully saturated rings. The Kier molecular flexibility index (Phi) is 16.1. The van der Waals surface area contributed by atoms with Gasteiger partial charge in [-0.1, -0.05) is 97.0 Å². The predicted molar refractivity (Wildman–Crippen MR) is 131 cm³/mol. The van der Waals surface area contributed by atoms with Crippen molar-refractivity contribution in [2.45, 2.75) is 116 Å². The summed E-state index contributed by atoms with van der Waals surface area (Å²) in [6.45, 7) is 9.20. The molecule has 1 aliphatic heterocycles. The van der Waals surface area contributed by atoms with Crippen molar-refractivity contribution >= 4 is 7.82 Å². The van der Waals surface area contributed by atoms with Gasteiger partial charge in [0.05, 0.1) is 39.4 Å². The number of likely N-dealkylation sites (N-methyl/N-ethyl adjacent to an activating group) is 1. The highest BCUT2D eigenvalue weighted by Gasteiger charge is 2.34. The van der Waals surface area contributed by atoms with Gasteiger partial charge in [-0.05, 0) is 12.5 Å². The summed E-state index contributed by atoms with van der Waals surface area (Å²) in [5.74, 6) is 0. The van der Waals surface area contributed by atoms with Crippen LogP contribution in [0, 0.1) is 0 Å². The normalized spacial score (nSPS) is 23.5. The summed E-state index contributed by atoms with van der Waals surface area (Å²) in [6, 6.07) is 0. The van der Waals surface area contributed by atoms with E-state index in [1.807, 2.05) is 6.08 Å². The minimum absolute atomic E-state index is 0.178. The summed E-state index contributed by atoms with van der Waals surface area (Å²) in [4.78, 5) is 9.99. The number of piperidine rings is 1. The van der Waals surface area contributed by atoms with E-state index in [1.165, 1.54) is 77.0 Å². The number of nitrogens with zero attached hydrogens (tertiary/aromatic N) is 1. The minimum atomic E-state index is -3.93. The van der Waals surface area contributed by atoms with E-state index in [0.717, 1.165) is 49.8 Å². The van der Waals surface area contributed by atoms with Crippen molar-refractivity contribution in [3.8, 4) is 0 Å². The zero-order valence-corrected chi connectivity index (χ0v) is 21.5. The number of rotatable bonds is 20. The van der Waals surface area contributed by atoms with Gasteiger partial charge in [-0.15, -0.1) is 0 Å². The molecule has 0 aromatic carbocycles. The summed E-state index contributed by atoms with van der Waals surface area (Å²) >= 11 is 0. The molecule has 5 nitrogen and oxygen atoms in total. The van der Waals surface area contributed by atoms with Crippen LogP contribution < -0.4 is 0 Å². The zero-order valence-electron chi connectivity index (χ0n) is 20.6. The second kappa shape index (κ2) is 17.3. The van der Waals surface area contributed by atoms with Gasteiger partial charge in [0.15, 0.2) is 0 Å². The third-order valence-corrected chi connectivity index (χ3v) is 7.66. The van der Waals surface area contributed by atoms with Crippen molar-refractivity contribution in [3.05, 3.63) is 12.7 Å². The Morgan fingerprint density at radius 3 is 1.81 bits per heavy atom. The molecule has 1 atom stereocenters. The molecule has 1 N–H and O–H groups in total. The molecular formula is C25H51NO4P+. The predicted octanol–water partition coefficient (Wildman–Crippen LogP) is 7.40. The molecule has 1 saturated heterocycles. The van der Waals surface area contributed by atoms with Crippen LogP contribution in [-0.4, -0.2) is 48.8 Å². The molecule has 0 bridgehead atoms. The molecule has 184 valence electrons. The fourth-order valence-corrected chi connectivity index (χ4v) is 5.47. The van der Waals surface area contributed by atoms with Crippen molar-refractivity contribution in [1.29, 1.82) is 0 Å². The highest BCUT2D eigenvalue weighted by Crippen LogP contribution is 2.46. The van der Waals surface area contributed by atoms with Crippen LogP contribution in [0.2, 0.25) is 0 Å². The lowest BCUT2D eigenvalue weighted by molar-refractivity contribution is -0.909. The van der Waals surface area contributed by atoms with Crippen molar-refractivity contribution in [1.82, 2.24) is 0 Å². The first kappa shape index (κ1) is 28.8. The molecule has 0 amide bonds. The Morgan fingerprint density at radius 1 is 0.903 bits per heavy atom. The van der Waals surface area contributed by atoms with Gasteiger partial charge in [0, 0.05) is 12.8 Å². The maximum atomic E-state index is 12.2. The maximum Gasteiger partial charge on any atom is 0.472 e.